The van der Waals surface area contributed by atoms with Gasteiger partial charge >= 0.3 is 0 Å². The normalized spacial score (nSPS) is 11.9. The fourth-order valence-corrected chi connectivity index (χ4v) is 9.81. The number of aryl methyl sites for hydroxylation is 1. The molecule has 3 aromatic heterocycles. The highest BCUT2D eigenvalue weighted by Gasteiger charge is 2.17. The highest BCUT2D eigenvalue weighted by Crippen LogP contribution is 2.40. The minimum absolute atomic E-state index is 0.824. The SMILES string of the molecule is Cn1c2ccccc2c2cc(-c3cc(-c4ccc5c(c4)c4ccccc4n5Cc4ccccc4)cc(-c4ccc5c(c4)c4ccccc4n5Cc4ccccc4)c3)ccc21. The number of aromatic nitrogens is 3. The average molecular weight is 768 g/mol. The lowest BCUT2D eigenvalue weighted by Crippen LogP contribution is -1.99. The lowest BCUT2D eigenvalue weighted by molar-refractivity contribution is 0.869. The first-order valence-electron chi connectivity index (χ1n) is 20.9. The van der Waals surface area contributed by atoms with Gasteiger partial charge in [0.15, 0.2) is 0 Å². The van der Waals surface area contributed by atoms with E-state index < -0.39 is 0 Å². The molecule has 12 rings (SSSR count). The van der Waals surface area contributed by atoms with Crippen LogP contribution in [0.5, 0.6) is 0 Å². The van der Waals surface area contributed by atoms with Crippen LogP contribution in [-0.2, 0) is 20.1 Å². The van der Waals surface area contributed by atoms with Crippen molar-refractivity contribution in [3.05, 3.63) is 217 Å². The zero-order chi connectivity index (χ0) is 39.7. The summed E-state index contributed by atoms with van der Waals surface area (Å²) < 4.78 is 7.24. The molecular formula is C57H41N3. The van der Waals surface area contributed by atoms with Crippen LogP contribution in [0.1, 0.15) is 11.1 Å². The van der Waals surface area contributed by atoms with Crippen molar-refractivity contribution in [3.8, 4) is 33.4 Å². The molecule has 3 nitrogen and oxygen atoms in total. The second-order valence-electron chi connectivity index (χ2n) is 16.2. The van der Waals surface area contributed by atoms with Crippen LogP contribution in [0.3, 0.4) is 0 Å². The second kappa shape index (κ2) is 13.8. The smallest absolute Gasteiger partial charge is 0.0494 e. The van der Waals surface area contributed by atoms with Crippen molar-refractivity contribution in [1.29, 1.82) is 0 Å². The van der Waals surface area contributed by atoms with E-state index in [-0.39, 0.29) is 0 Å². The van der Waals surface area contributed by atoms with Gasteiger partial charge in [0.25, 0.3) is 0 Å². The van der Waals surface area contributed by atoms with Gasteiger partial charge in [-0.15, -0.1) is 0 Å². The van der Waals surface area contributed by atoms with Gasteiger partial charge in [0.05, 0.1) is 0 Å². The first-order valence-corrected chi connectivity index (χ1v) is 20.9. The standard InChI is InChI=1S/C57H41N3/c1-58-52-21-11-8-18-46(52)49-33-40(24-27-53(49)58)43-30-44(41-25-28-56-50(34-41)47-19-9-12-22-54(47)59(56)36-38-14-4-2-5-15-38)32-45(31-43)42-26-29-57-51(35-42)48-20-10-13-23-55(48)60(57)37-39-16-6-3-7-17-39/h2-35H,36-37H2,1H3. The van der Waals surface area contributed by atoms with Crippen molar-refractivity contribution >= 4 is 65.4 Å². The van der Waals surface area contributed by atoms with E-state index in [0.29, 0.717) is 0 Å². The molecule has 9 aromatic carbocycles. The average Bonchev–Trinajstić information content (AvgIpc) is 3.91. The van der Waals surface area contributed by atoms with Crippen molar-refractivity contribution < 1.29 is 0 Å². The number of nitrogens with zero attached hydrogens (tertiary/aromatic N) is 3. The summed E-state index contributed by atoms with van der Waals surface area (Å²) in [5.41, 5.74) is 17.3. The topological polar surface area (TPSA) is 14.8 Å². The molecule has 0 aliphatic heterocycles. The van der Waals surface area contributed by atoms with Gasteiger partial charge in [-0.1, -0.05) is 133 Å². The van der Waals surface area contributed by atoms with E-state index in [1.165, 1.54) is 110 Å². The fourth-order valence-electron chi connectivity index (χ4n) is 9.81. The molecule has 0 saturated heterocycles. The maximum absolute atomic E-state index is 2.47. The Kier molecular flexibility index (Phi) is 7.89. The van der Waals surface area contributed by atoms with Gasteiger partial charge in [0, 0.05) is 85.6 Å². The van der Waals surface area contributed by atoms with Crippen molar-refractivity contribution in [3.63, 3.8) is 0 Å². The molecule has 0 radical (unpaired) electrons. The lowest BCUT2D eigenvalue weighted by Gasteiger charge is -2.13. The molecule has 0 saturated carbocycles. The maximum atomic E-state index is 2.47. The molecule has 0 atom stereocenters. The van der Waals surface area contributed by atoms with Gasteiger partial charge in [-0.2, -0.15) is 0 Å². The summed E-state index contributed by atoms with van der Waals surface area (Å²) in [7, 11) is 2.17. The quantitative estimate of drug-likeness (QED) is 0.153. The Labute approximate surface area is 348 Å². The molecule has 0 spiro atoms. The van der Waals surface area contributed by atoms with E-state index in [0.717, 1.165) is 13.1 Å². The molecule has 12 aromatic rings. The van der Waals surface area contributed by atoms with Crippen LogP contribution in [0.15, 0.2) is 206 Å². The van der Waals surface area contributed by atoms with Crippen LogP contribution >= 0.6 is 0 Å². The number of benzene rings is 9. The van der Waals surface area contributed by atoms with Crippen LogP contribution in [0.2, 0.25) is 0 Å². The van der Waals surface area contributed by atoms with Crippen LogP contribution in [-0.4, -0.2) is 13.7 Å². The Bertz CT molecular complexity index is 3420. The molecule has 0 aliphatic rings. The van der Waals surface area contributed by atoms with Gasteiger partial charge in [-0.3, -0.25) is 0 Å². The summed E-state index contributed by atoms with van der Waals surface area (Å²) in [4.78, 5) is 0. The molecule has 60 heavy (non-hydrogen) atoms. The summed E-state index contributed by atoms with van der Waals surface area (Å²) in [6.45, 7) is 1.65. The van der Waals surface area contributed by atoms with Gasteiger partial charge in [0.1, 0.15) is 0 Å². The zero-order valence-electron chi connectivity index (χ0n) is 33.4. The summed E-state index contributed by atoms with van der Waals surface area (Å²) in [5.74, 6) is 0. The maximum Gasteiger partial charge on any atom is 0.0494 e. The first-order chi connectivity index (χ1) is 29.6. The Morgan fingerprint density at radius 1 is 0.267 bits per heavy atom. The number of hydrogen-bond acceptors (Lipinski definition) is 0. The molecule has 0 fully saturated rings. The highest BCUT2D eigenvalue weighted by atomic mass is 15.0. The van der Waals surface area contributed by atoms with Crippen LogP contribution in [0, 0.1) is 0 Å². The predicted octanol–water partition coefficient (Wildman–Crippen LogP) is 14.6. The summed E-state index contributed by atoms with van der Waals surface area (Å²) in [6.07, 6.45) is 0. The second-order valence-corrected chi connectivity index (χ2v) is 16.2. The fraction of sp³-hybridized carbons (Fsp3) is 0.0526. The third-order valence-corrected chi connectivity index (χ3v) is 12.8. The van der Waals surface area contributed by atoms with Crippen LogP contribution in [0.25, 0.3) is 98.8 Å². The van der Waals surface area contributed by atoms with E-state index in [2.05, 4.69) is 227 Å². The molecule has 0 aliphatic carbocycles. The van der Waals surface area contributed by atoms with Gasteiger partial charge in [-0.05, 0) is 117 Å². The first kappa shape index (κ1) is 34.4. The Morgan fingerprint density at radius 2 is 0.583 bits per heavy atom. The predicted molar refractivity (Wildman–Crippen MR) is 254 cm³/mol. The molecule has 0 N–H and O–H groups in total. The van der Waals surface area contributed by atoms with Gasteiger partial charge in [0.2, 0.25) is 0 Å². The van der Waals surface area contributed by atoms with Crippen LogP contribution < -0.4 is 0 Å². The van der Waals surface area contributed by atoms with E-state index in [9.17, 15) is 0 Å². The van der Waals surface area contributed by atoms with E-state index >= 15 is 0 Å². The summed E-state index contributed by atoms with van der Waals surface area (Å²) in [5, 5.41) is 7.66. The van der Waals surface area contributed by atoms with Crippen molar-refractivity contribution in [1.82, 2.24) is 13.7 Å². The van der Waals surface area contributed by atoms with Gasteiger partial charge < -0.3 is 13.7 Å². The third-order valence-electron chi connectivity index (χ3n) is 12.8. The summed E-state index contributed by atoms with van der Waals surface area (Å²) in [6, 6.07) is 76.3. The number of para-hydroxylation sites is 3. The van der Waals surface area contributed by atoms with Crippen molar-refractivity contribution in [2.45, 2.75) is 13.1 Å². The Balaban J connectivity index is 1.06. The number of rotatable bonds is 7. The van der Waals surface area contributed by atoms with E-state index in [4.69, 9.17) is 0 Å². The molecular weight excluding hydrogens is 727 g/mol. The van der Waals surface area contributed by atoms with Crippen molar-refractivity contribution in [2.24, 2.45) is 7.05 Å². The minimum Gasteiger partial charge on any atom is -0.344 e. The van der Waals surface area contributed by atoms with E-state index in [1.54, 1.807) is 0 Å². The highest BCUT2D eigenvalue weighted by molar-refractivity contribution is 6.12. The zero-order valence-corrected chi connectivity index (χ0v) is 33.4. The molecule has 284 valence electrons. The third kappa shape index (κ3) is 5.58. The Hall–Kier alpha value is -7.62. The molecule has 0 amide bonds. The molecule has 3 heteroatoms. The largest absolute Gasteiger partial charge is 0.344 e. The van der Waals surface area contributed by atoms with Gasteiger partial charge in [-0.25, -0.2) is 0 Å². The number of hydrogen-bond donors (Lipinski definition) is 0. The van der Waals surface area contributed by atoms with Crippen molar-refractivity contribution in [2.75, 3.05) is 0 Å². The molecule has 0 bridgehead atoms. The van der Waals surface area contributed by atoms with E-state index in [1.807, 2.05) is 0 Å². The molecule has 3 heterocycles. The van der Waals surface area contributed by atoms with Crippen LogP contribution in [0.4, 0.5) is 0 Å². The minimum atomic E-state index is 0.824. The Morgan fingerprint density at radius 3 is 1.03 bits per heavy atom. The number of fused-ring (bicyclic) bond motifs is 9. The lowest BCUT2D eigenvalue weighted by atomic mass is 9.92. The monoisotopic (exact) mass is 767 g/mol. The molecule has 0 unspecified atom stereocenters. The summed E-state index contributed by atoms with van der Waals surface area (Å²) >= 11 is 0.